The maximum atomic E-state index is 12.8. The highest BCUT2D eigenvalue weighted by atomic mass is 35.5. The maximum absolute atomic E-state index is 12.8. The maximum Gasteiger partial charge on any atom is 0.276 e. The van der Waals surface area contributed by atoms with E-state index in [2.05, 4.69) is 9.93 Å². The molecule has 3 aromatic carbocycles. The van der Waals surface area contributed by atoms with Crippen molar-refractivity contribution >= 4 is 27.3 Å². The third kappa shape index (κ3) is 4.11. The molecular weight excluding hydrogens is 408 g/mol. The predicted octanol–water partition coefficient (Wildman–Crippen LogP) is 4.39. The number of nitrogens with one attached hydrogen (secondary N) is 1. The first-order valence-electron chi connectivity index (χ1n) is 8.72. The highest BCUT2D eigenvalue weighted by Gasteiger charge is 2.18. The van der Waals surface area contributed by atoms with Crippen molar-refractivity contribution < 1.29 is 8.42 Å². The summed E-state index contributed by atoms with van der Waals surface area (Å²) in [5.41, 5.74) is 9.15. The van der Waals surface area contributed by atoms with Gasteiger partial charge in [-0.3, -0.25) is 0 Å². The summed E-state index contributed by atoms with van der Waals surface area (Å²) in [7, 11) is -3.82. The van der Waals surface area contributed by atoms with Crippen molar-refractivity contribution in [3.05, 3.63) is 90.0 Å². The van der Waals surface area contributed by atoms with Crippen LogP contribution in [0.2, 0.25) is 5.02 Å². The van der Waals surface area contributed by atoms with E-state index in [0.29, 0.717) is 22.1 Å². The van der Waals surface area contributed by atoms with E-state index >= 15 is 0 Å². The molecule has 0 spiro atoms. The third-order valence-electron chi connectivity index (χ3n) is 4.32. The highest BCUT2D eigenvalue weighted by Crippen LogP contribution is 2.27. The van der Waals surface area contributed by atoms with E-state index < -0.39 is 10.0 Å². The zero-order valence-electron chi connectivity index (χ0n) is 15.2. The SMILES string of the molecule is Nc1ccc(-c2cc(-c3ccc(Cl)cc3)n(NS(=O)(=O)c3ccccc3)n2)cc1. The summed E-state index contributed by atoms with van der Waals surface area (Å²) in [6.07, 6.45) is 0. The van der Waals surface area contributed by atoms with Gasteiger partial charge in [-0.05, 0) is 42.5 Å². The monoisotopic (exact) mass is 424 g/mol. The Balaban J connectivity index is 1.80. The van der Waals surface area contributed by atoms with Crippen LogP contribution in [0.25, 0.3) is 22.5 Å². The van der Waals surface area contributed by atoms with Gasteiger partial charge in [0.1, 0.15) is 0 Å². The van der Waals surface area contributed by atoms with E-state index in [0.717, 1.165) is 11.1 Å². The number of rotatable bonds is 5. The molecular formula is C21H17ClN4O2S. The first-order valence-corrected chi connectivity index (χ1v) is 10.6. The molecule has 0 saturated carbocycles. The molecule has 4 rings (SSSR count). The van der Waals surface area contributed by atoms with E-state index in [1.807, 2.05) is 18.2 Å². The Kier molecular flexibility index (Phi) is 5.00. The molecule has 4 aromatic rings. The van der Waals surface area contributed by atoms with Crippen LogP contribution in [-0.4, -0.2) is 18.3 Å². The Labute approximate surface area is 173 Å². The summed E-state index contributed by atoms with van der Waals surface area (Å²) in [6.45, 7) is 0. The zero-order chi connectivity index (χ0) is 20.4. The van der Waals surface area contributed by atoms with Gasteiger partial charge in [0, 0.05) is 21.8 Å². The molecule has 0 fully saturated rings. The first kappa shape index (κ1) is 19.0. The van der Waals surface area contributed by atoms with Crippen LogP contribution < -0.4 is 10.6 Å². The van der Waals surface area contributed by atoms with Gasteiger partial charge >= 0.3 is 0 Å². The van der Waals surface area contributed by atoms with Crippen molar-refractivity contribution in [2.75, 3.05) is 10.6 Å². The Bertz CT molecular complexity index is 1240. The predicted molar refractivity (Wildman–Crippen MR) is 116 cm³/mol. The van der Waals surface area contributed by atoms with Crippen molar-refractivity contribution in [1.82, 2.24) is 9.89 Å². The number of anilines is 1. The molecule has 0 aliphatic rings. The van der Waals surface area contributed by atoms with Crippen molar-refractivity contribution in [3.8, 4) is 22.5 Å². The third-order valence-corrected chi connectivity index (χ3v) is 5.87. The van der Waals surface area contributed by atoms with Gasteiger partial charge in [-0.15, -0.1) is 0 Å². The van der Waals surface area contributed by atoms with Gasteiger partial charge in [0.2, 0.25) is 0 Å². The fourth-order valence-electron chi connectivity index (χ4n) is 2.84. The highest BCUT2D eigenvalue weighted by molar-refractivity contribution is 7.92. The lowest BCUT2D eigenvalue weighted by Gasteiger charge is -2.11. The van der Waals surface area contributed by atoms with E-state index in [1.165, 1.54) is 16.9 Å². The second kappa shape index (κ2) is 7.62. The standard InChI is InChI=1S/C21H17ClN4O2S/c22-17-10-6-16(7-11-17)21-14-20(15-8-12-18(23)13-9-15)24-26(21)25-29(27,28)19-4-2-1-3-5-19/h1-14,25H,23H2. The van der Waals surface area contributed by atoms with Gasteiger partial charge in [0.05, 0.1) is 16.3 Å². The van der Waals surface area contributed by atoms with Crippen molar-refractivity contribution in [2.45, 2.75) is 4.90 Å². The van der Waals surface area contributed by atoms with E-state index in [9.17, 15) is 8.42 Å². The van der Waals surface area contributed by atoms with Crippen LogP contribution in [0.15, 0.2) is 89.8 Å². The molecule has 0 amide bonds. The molecule has 1 heterocycles. The Morgan fingerprint density at radius 1 is 0.862 bits per heavy atom. The number of aromatic nitrogens is 2. The summed E-state index contributed by atoms with van der Waals surface area (Å²) in [5.74, 6) is 0. The van der Waals surface area contributed by atoms with Crippen LogP contribution in [0.3, 0.4) is 0 Å². The number of halogens is 1. The molecule has 0 bridgehead atoms. The number of sulfonamides is 1. The summed E-state index contributed by atoms with van der Waals surface area (Å²) < 4.78 is 25.6. The minimum absolute atomic E-state index is 0.145. The van der Waals surface area contributed by atoms with Gasteiger partial charge in [0.15, 0.2) is 0 Å². The summed E-state index contributed by atoms with van der Waals surface area (Å²) in [6, 6.07) is 24.2. The Hall–Kier alpha value is -3.29. The molecule has 146 valence electrons. The molecule has 0 aliphatic carbocycles. The average molecular weight is 425 g/mol. The Morgan fingerprint density at radius 2 is 1.48 bits per heavy atom. The van der Waals surface area contributed by atoms with Crippen LogP contribution in [0.5, 0.6) is 0 Å². The lowest BCUT2D eigenvalue weighted by Crippen LogP contribution is -2.25. The molecule has 0 atom stereocenters. The number of hydrogen-bond acceptors (Lipinski definition) is 4. The lowest BCUT2D eigenvalue weighted by atomic mass is 10.1. The summed E-state index contributed by atoms with van der Waals surface area (Å²) >= 11 is 6.00. The summed E-state index contributed by atoms with van der Waals surface area (Å²) in [5, 5.41) is 5.06. The van der Waals surface area contributed by atoms with Gasteiger partial charge < -0.3 is 5.73 Å². The van der Waals surface area contributed by atoms with Crippen LogP contribution in [0.1, 0.15) is 0 Å². The molecule has 0 radical (unpaired) electrons. The normalized spacial score (nSPS) is 11.3. The first-order chi connectivity index (χ1) is 13.9. The quantitative estimate of drug-likeness (QED) is 0.465. The molecule has 1 aromatic heterocycles. The molecule has 0 saturated heterocycles. The number of benzene rings is 3. The molecule has 0 unspecified atom stereocenters. The molecule has 6 nitrogen and oxygen atoms in total. The molecule has 3 N–H and O–H groups in total. The van der Waals surface area contributed by atoms with E-state index in [4.69, 9.17) is 17.3 Å². The smallest absolute Gasteiger partial charge is 0.276 e. The topological polar surface area (TPSA) is 90.0 Å². The number of nitrogens with two attached hydrogens (primary N) is 1. The van der Waals surface area contributed by atoms with E-state index in [-0.39, 0.29) is 4.90 Å². The fourth-order valence-corrected chi connectivity index (χ4v) is 3.95. The average Bonchev–Trinajstić information content (AvgIpc) is 3.13. The van der Waals surface area contributed by atoms with Crippen molar-refractivity contribution in [1.29, 1.82) is 0 Å². The zero-order valence-corrected chi connectivity index (χ0v) is 16.7. The molecule has 8 heteroatoms. The van der Waals surface area contributed by atoms with Crippen molar-refractivity contribution in [2.24, 2.45) is 0 Å². The van der Waals surface area contributed by atoms with Gasteiger partial charge in [0.25, 0.3) is 10.0 Å². The van der Waals surface area contributed by atoms with Gasteiger partial charge in [-0.1, -0.05) is 54.1 Å². The van der Waals surface area contributed by atoms with Crippen LogP contribution >= 0.6 is 11.6 Å². The van der Waals surface area contributed by atoms with Crippen LogP contribution in [-0.2, 0) is 10.0 Å². The minimum Gasteiger partial charge on any atom is -0.399 e. The molecule has 0 aliphatic heterocycles. The second-order valence-corrected chi connectivity index (χ2v) is 8.46. The van der Waals surface area contributed by atoms with Gasteiger partial charge in [-0.2, -0.15) is 23.1 Å². The largest absolute Gasteiger partial charge is 0.399 e. The number of hydrogen-bond donors (Lipinski definition) is 2. The second-order valence-electron chi connectivity index (χ2n) is 6.36. The number of nitrogens with zero attached hydrogens (tertiary/aromatic N) is 2. The van der Waals surface area contributed by atoms with Gasteiger partial charge in [-0.25, -0.2) is 0 Å². The number of nitrogen functional groups attached to an aromatic ring is 1. The van der Waals surface area contributed by atoms with Crippen LogP contribution in [0, 0.1) is 0 Å². The lowest BCUT2D eigenvalue weighted by molar-refractivity contribution is 0.592. The van der Waals surface area contributed by atoms with Crippen LogP contribution in [0.4, 0.5) is 5.69 Å². The molecule has 29 heavy (non-hydrogen) atoms. The van der Waals surface area contributed by atoms with E-state index in [1.54, 1.807) is 54.6 Å². The summed E-state index contributed by atoms with van der Waals surface area (Å²) in [4.78, 5) is 3.94. The fraction of sp³-hybridized carbons (Fsp3) is 0. The minimum atomic E-state index is -3.82. The van der Waals surface area contributed by atoms with Crippen molar-refractivity contribution in [3.63, 3.8) is 0 Å². The Morgan fingerprint density at radius 3 is 2.14 bits per heavy atom.